The molecule has 1 aliphatic heterocycles. The topological polar surface area (TPSA) is 109 Å². The van der Waals surface area contributed by atoms with E-state index in [9.17, 15) is 9.36 Å². The second-order valence-electron chi connectivity index (χ2n) is 4.53. The van der Waals surface area contributed by atoms with E-state index < -0.39 is 7.82 Å². The van der Waals surface area contributed by atoms with Gasteiger partial charge in [0.15, 0.2) is 0 Å². The molecule has 22 heavy (non-hydrogen) atoms. The summed E-state index contributed by atoms with van der Waals surface area (Å²) in [6.45, 7) is 0. The first kappa shape index (κ1) is 14.5. The molecular weight excluding hydrogens is 307 g/mol. The van der Waals surface area contributed by atoms with E-state index in [0.717, 1.165) is 0 Å². The number of aromatic nitrogens is 1. The molecule has 0 spiro atoms. The Balaban J connectivity index is 2.07. The van der Waals surface area contributed by atoms with Gasteiger partial charge in [-0.3, -0.25) is 14.6 Å². The highest BCUT2D eigenvalue weighted by Gasteiger charge is 2.25. The maximum Gasteiger partial charge on any atom is 0.524 e. The van der Waals surface area contributed by atoms with Crippen molar-refractivity contribution in [2.24, 2.45) is 0 Å². The zero-order valence-corrected chi connectivity index (χ0v) is 12.0. The molecule has 0 bridgehead atoms. The van der Waals surface area contributed by atoms with Crippen LogP contribution in [0.15, 0.2) is 42.6 Å². The quantitative estimate of drug-likeness (QED) is 0.590. The first-order chi connectivity index (χ1) is 10.4. The van der Waals surface area contributed by atoms with Crippen LogP contribution in [0.1, 0.15) is 11.1 Å². The predicted octanol–water partition coefficient (Wildman–Crippen LogP) is 2.05. The number of pyridine rings is 1. The number of phosphoric acid groups is 1. The molecule has 0 aliphatic carbocycles. The van der Waals surface area contributed by atoms with Crippen molar-refractivity contribution < 1.29 is 23.7 Å². The van der Waals surface area contributed by atoms with Crippen molar-refractivity contribution >= 4 is 31.2 Å². The highest BCUT2D eigenvalue weighted by molar-refractivity contribution is 7.46. The molecule has 8 heteroatoms. The summed E-state index contributed by atoms with van der Waals surface area (Å²) in [4.78, 5) is 34.0. The Morgan fingerprint density at radius 1 is 1.18 bits per heavy atom. The van der Waals surface area contributed by atoms with Crippen LogP contribution in [0.5, 0.6) is 5.75 Å². The summed E-state index contributed by atoms with van der Waals surface area (Å²) in [6, 6.07) is 9.71. The van der Waals surface area contributed by atoms with Gasteiger partial charge in [0.2, 0.25) is 0 Å². The van der Waals surface area contributed by atoms with Gasteiger partial charge in [0.25, 0.3) is 5.91 Å². The molecule has 1 aromatic heterocycles. The molecule has 0 saturated carbocycles. The number of rotatable bonds is 3. The van der Waals surface area contributed by atoms with Crippen LogP contribution in [-0.4, -0.2) is 20.7 Å². The summed E-state index contributed by atoms with van der Waals surface area (Å²) in [5, 5.41) is 2.62. The Morgan fingerprint density at radius 2 is 1.95 bits per heavy atom. The third-order valence-corrected chi connectivity index (χ3v) is 3.45. The van der Waals surface area contributed by atoms with Crippen LogP contribution in [0.2, 0.25) is 0 Å². The first-order valence-electron chi connectivity index (χ1n) is 6.27. The number of hydrogen-bond acceptors (Lipinski definition) is 4. The third-order valence-electron chi connectivity index (χ3n) is 3.01. The Hall–Kier alpha value is -2.47. The lowest BCUT2D eigenvalue weighted by Crippen LogP contribution is -2.04. The Bertz CT molecular complexity index is 827. The molecular formula is C14H11N2O5P. The van der Waals surface area contributed by atoms with E-state index in [1.807, 2.05) is 0 Å². The minimum absolute atomic E-state index is 0.00604. The van der Waals surface area contributed by atoms with Crippen molar-refractivity contribution in [1.29, 1.82) is 0 Å². The molecule has 0 fully saturated rings. The average molecular weight is 318 g/mol. The summed E-state index contributed by atoms with van der Waals surface area (Å²) < 4.78 is 15.7. The number of carbonyl (C=O) groups excluding carboxylic acids is 1. The normalized spacial score (nSPS) is 15.5. The maximum atomic E-state index is 12.0. The highest BCUT2D eigenvalue weighted by Crippen LogP contribution is 2.40. The predicted molar refractivity (Wildman–Crippen MR) is 79.9 cm³/mol. The molecule has 0 atom stereocenters. The number of nitrogens with zero attached hydrogens (tertiary/aromatic N) is 1. The van der Waals surface area contributed by atoms with E-state index in [2.05, 4.69) is 14.8 Å². The van der Waals surface area contributed by atoms with Crippen molar-refractivity contribution in [3.8, 4) is 5.75 Å². The molecule has 1 aliphatic rings. The lowest BCUT2D eigenvalue weighted by molar-refractivity contribution is -0.110. The first-order valence-corrected chi connectivity index (χ1v) is 7.80. The van der Waals surface area contributed by atoms with E-state index >= 15 is 0 Å². The number of hydrogen-bond donors (Lipinski definition) is 3. The molecule has 3 rings (SSSR count). The number of phosphoric ester groups is 1. The second kappa shape index (κ2) is 5.38. The van der Waals surface area contributed by atoms with Crippen LogP contribution in [0, 0.1) is 0 Å². The zero-order valence-electron chi connectivity index (χ0n) is 11.1. The van der Waals surface area contributed by atoms with Gasteiger partial charge in [-0.1, -0.05) is 18.2 Å². The molecule has 2 aromatic rings. The van der Waals surface area contributed by atoms with E-state index in [1.165, 1.54) is 12.1 Å². The Labute approximate surface area is 125 Å². The number of carbonyl (C=O) groups is 1. The molecule has 112 valence electrons. The molecule has 7 nitrogen and oxygen atoms in total. The number of nitrogens with one attached hydrogen (secondary N) is 1. The van der Waals surface area contributed by atoms with Crippen LogP contribution in [0.4, 0.5) is 5.82 Å². The van der Waals surface area contributed by atoms with Gasteiger partial charge in [0, 0.05) is 17.3 Å². The highest BCUT2D eigenvalue weighted by atomic mass is 31.2. The van der Waals surface area contributed by atoms with Crippen LogP contribution < -0.4 is 9.84 Å². The molecule has 1 aromatic carbocycles. The van der Waals surface area contributed by atoms with Crippen molar-refractivity contribution in [3.63, 3.8) is 0 Å². The van der Waals surface area contributed by atoms with Crippen LogP contribution >= 0.6 is 7.82 Å². The number of benzene rings is 1. The summed E-state index contributed by atoms with van der Waals surface area (Å²) in [5.74, 6) is 0.111. The number of amides is 1. The number of para-hydroxylation sites is 1. The largest absolute Gasteiger partial charge is 0.524 e. The minimum Gasteiger partial charge on any atom is -0.404 e. The monoisotopic (exact) mass is 318 g/mol. The van der Waals surface area contributed by atoms with Gasteiger partial charge in [-0.25, -0.2) is 9.55 Å². The van der Waals surface area contributed by atoms with E-state index in [0.29, 0.717) is 22.5 Å². The zero-order chi connectivity index (χ0) is 15.7. The third kappa shape index (κ3) is 2.92. The van der Waals surface area contributed by atoms with Crippen LogP contribution in [0.3, 0.4) is 0 Å². The fourth-order valence-corrected chi connectivity index (χ4v) is 2.55. The SMILES string of the molecule is O=C1Nc2ncccc2C1=Cc1ccccc1OP(=O)(O)O. The average Bonchev–Trinajstić information content (AvgIpc) is 2.76. The fourth-order valence-electron chi connectivity index (χ4n) is 2.13. The summed E-state index contributed by atoms with van der Waals surface area (Å²) in [7, 11) is -4.68. The van der Waals surface area contributed by atoms with Gasteiger partial charge in [-0.05, 0) is 24.3 Å². The molecule has 0 unspecified atom stereocenters. The van der Waals surface area contributed by atoms with Crippen molar-refractivity contribution in [1.82, 2.24) is 4.98 Å². The molecule has 0 radical (unpaired) electrons. The molecule has 1 amide bonds. The van der Waals surface area contributed by atoms with E-state index in [4.69, 9.17) is 9.79 Å². The summed E-state index contributed by atoms with van der Waals surface area (Å²) in [6.07, 6.45) is 3.07. The fraction of sp³-hybridized carbons (Fsp3) is 0. The van der Waals surface area contributed by atoms with Crippen LogP contribution in [0.25, 0.3) is 11.6 Å². The standard InChI is InChI=1S/C14H11N2O5P/c17-14-11(10-5-3-7-15-13(10)16-14)8-9-4-1-2-6-12(9)21-22(18,19)20/h1-8H,(H,15,16,17)(H2,18,19,20). The van der Waals surface area contributed by atoms with Gasteiger partial charge >= 0.3 is 7.82 Å². The number of anilines is 1. The van der Waals surface area contributed by atoms with Gasteiger partial charge in [0.1, 0.15) is 11.6 Å². The Kier molecular flexibility index (Phi) is 3.54. The van der Waals surface area contributed by atoms with Gasteiger partial charge < -0.3 is 9.84 Å². The minimum atomic E-state index is -4.68. The van der Waals surface area contributed by atoms with Crippen molar-refractivity contribution in [3.05, 3.63) is 53.7 Å². The smallest absolute Gasteiger partial charge is 0.404 e. The lowest BCUT2D eigenvalue weighted by Gasteiger charge is -2.09. The van der Waals surface area contributed by atoms with E-state index in [-0.39, 0.29) is 11.7 Å². The van der Waals surface area contributed by atoms with Gasteiger partial charge in [-0.15, -0.1) is 0 Å². The maximum absolute atomic E-state index is 12.0. The lowest BCUT2D eigenvalue weighted by atomic mass is 10.1. The van der Waals surface area contributed by atoms with Crippen molar-refractivity contribution in [2.75, 3.05) is 5.32 Å². The van der Waals surface area contributed by atoms with Gasteiger partial charge in [-0.2, -0.15) is 0 Å². The second-order valence-corrected chi connectivity index (χ2v) is 5.70. The number of fused-ring (bicyclic) bond motifs is 1. The molecule has 2 heterocycles. The summed E-state index contributed by atoms with van der Waals surface area (Å²) in [5.41, 5.74) is 1.36. The van der Waals surface area contributed by atoms with Gasteiger partial charge in [0.05, 0.1) is 5.57 Å². The molecule has 3 N–H and O–H groups in total. The Morgan fingerprint density at radius 3 is 2.73 bits per heavy atom. The van der Waals surface area contributed by atoms with E-state index in [1.54, 1.807) is 36.5 Å². The summed E-state index contributed by atoms with van der Waals surface area (Å²) >= 11 is 0. The van der Waals surface area contributed by atoms with Crippen LogP contribution in [-0.2, 0) is 9.36 Å². The molecule has 0 saturated heterocycles. The van der Waals surface area contributed by atoms with Crippen molar-refractivity contribution in [2.45, 2.75) is 0 Å².